The fraction of sp³-hybridized carbons (Fsp3) is 0.500. The quantitative estimate of drug-likeness (QED) is 0.893. The third-order valence-electron chi connectivity index (χ3n) is 2.04. The first-order chi connectivity index (χ1) is 7.09. The maximum Gasteiger partial charge on any atom is 0.0814 e. The zero-order chi connectivity index (χ0) is 11.3. The van der Waals surface area contributed by atoms with E-state index in [1.54, 1.807) is 0 Å². The zero-order valence-corrected chi connectivity index (χ0v) is 10.7. The predicted molar refractivity (Wildman–Crippen MR) is 64.9 cm³/mol. The Hall–Kier alpha value is -0.380. The van der Waals surface area contributed by atoms with Gasteiger partial charge >= 0.3 is 0 Å². The average Bonchev–Trinajstić information content (AvgIpc) is 2.18. The summed E-state index contributed by atoms with van der Waals surface area (Å²) in [7, 11) is 0. The van der Waals surface area contributed by atoms with E-state index < -0.39 is 6.10 Å². The molecule has 1 N–H and O–H groups in total. The van der Waals surface area contributed by atoms with Gasteiger partial charge in [0.1, 0.15) is 0 Å². The molecule has 0 spiro atoms. The van der Waals surface area contributed by atoms with Gasteiger partial charge < -0.3 is 9.84 Å². The van der Waals surface area contributed by atoms with Crippen molar-refractivity contribution in [3.63, 3.8) is 0 Å². The summed E-state index contributed by atoms with van der Waals surface area (Å²) in [5.74, 6) is 0. The highest BCUT2D eigenvalue weighted by atomic mass is 79.9. The summed E-state index contributed by atoms with van der Waals surface area (Å²) in [5, 5.41) is 9.73. The monoisotopic (exact) mass is 272 g/mol. The van der Waals surface area contributed by atoms with Crippen molar-refractivity contribution in [1.82, 2.24) is 0 Å². The molecule has 0 fully saturated rings. The Morgan fingerprint density at radius 3 is 2.60 bits per heavy atom. The summed E-state index contributed by atoms with van der Waals surface area (Å²) in [5.41, 5.74) is 1.11. The minimum atomic E-state index is -0.439. The second-order valence-electron chi connectivity index (χ2n) is 3.83. The van der Waals surface area contributed by atoms with E-state index in [4.69, 9.17) is 4.74 Å². The summed E-state index contributed by atoms with van der Waals surface area (Å²) < 4.78 is 6.39. The van der Waals surface area contributed by atoms with Gasteiger partial charge in [-0.2, -0.15) is 0 Å². The Morgan fingerprint density at radius 1 is 1.33 bits per heavy atom. The van der Waals surface area contributed by atoms with Gasteiger partial charge in [0.15, 0.2) is 0 Å². The molecular formula is C12H17BrO2. The molecule has 2 nitrogen and oxygen atoms in total. The van der Waals surface area contributed by atoms with Crippen LogP contribution in [0.4, 0.5) is 0 Å². The standard InChI is InChI=1S/C12H17BrO2/c1-9(2)15-8-11(14)7-10-5-3-4-6-12(10)13/h3-6,9,11,14H,7-8H2,1-2H3. The lowest BCUT2D eigenvalue weighted by molar-refractivity contribution is 0.00615. The smallest absolute Gasteiger partial charge is 0.0814 e. The number of aliphatic hydroxyl groups is 1. The number of hydrogen-bond acceptors (Lipinski definition) is 2. The SMILES string of the molecule is CC(C)OCC(O)Cc1ccccc1Br. The first-order valence-electron chi connectivity index (χ1n) is 5.12. The molecule has 0 amide bonds. The van der Waals surface area contributed by atoms with Crippen molar-refractivity contribution in [2.75, 3.05) is 6.61 Å². The molecule has 0 aliphatic heterocycles. The van der Waals surface area contributed by atoms with Crippen LogP contribution in [0.2, 0.25) is 0 Å². The molecule has 1 aromatic carbocycles. The maximum atomic E-state index is 9.73. The summed E-state index contributed by atoms with van der Waals surface area (Å²) >= 11 is 3.45. The fourth-order valence-corrected chi connectivity index (χ4v) is 1.73. The van der Waals surface area contributed by atoms with E-state index in [9.17, 15) is 5.11 Å². The van der Waals surface area contributed by atoms with Gasteiger partial charge in [-0.15, -0.1) is 0 Å². The normalized spacial score (nSPS) is 13.1. The Bertz CT molecular complexity index is 299. The van der Waals surface area contributed by atoms with Gasteiger partial charge in [-0.05, 0) is 25.5 Å². The van der Waals surface area contributed by atoms with E-state index in [1.165, 1.54) is 0 Å². The van der Waals surface area contributed by atoms with Gasteiger partial charge in [0.25, 0.3) is 0 Å². The van der Waals surface area contributed by atoms with Crippen molar-refractivity contribution in [3.8, 4) is 0 Å². The molecule has 0 aromatic heterocycles. The second-order valence-corrected chi connectivity index (χ2v) is 4.69. The van der Waals surface area contributed by atoms with E-state index in [1.807, 2.05) is 38.1 Å². The van der Waals surface area contributed by atoms with Crippen LogP contribution in [0, 0.1) is 0 Å². The number of rotatable bonds is 5. The first-order valence-corrected chi connectivity index (χ1v) is 5.92. The molecule has 1 unspecified atom stereocenters. The molecular weight excluding hydrogens is 256 g/mol. The third kappa shape index (κ3) is 4.78. The highest BCUT2D eigenvalue weighted by Gasteiger charge is 2.08. The largest absolute Gasteiger partial charge is 0.390 e. The van der Waals surface area contributed by atoms with Crippen LogP contribution in [0.3, 0.4) is 0 Å². The third-order valence-corrected chi connectivity index (χ3v) is 2.81. The van der Waals surface area contributed by atoms with E-state index >= 15 is 0 Å². The van der Waals surface area contributed by atoms with E-state index in [2.05, 4.69) is 15.9 Å². The van der Waals surface area contributed by atoms with Gasteiger partial charge in [0.2, 0.25) is 0 Å². The lowest BCUT2D eigenvalue weighted by atomic mass is 10.1. The Morgan fingerprint density at radius 2 is 2.00 bits per heavy atom. The summed E-state index contributed by atoms with van der Waals surface area (Å²) in [6.07, 6.45) is 0.346. The van der Waals surface area contributed by atoms with Crippen LogP contribution in [-0.2, 0) is 11.2 Å². The minimum absolute atomic E-state index is 0.166. The zero-order valence-electron chi connectivity index (χ0n) is 9.11. The van der Waals surface area contributed by atoms with Crippen molar-refractivity contribution in [2.45, 2.75) is 32.5 Å². The van der Waals surface area contributed by atoms with E-state index in [0.29, 0.717) is 13.0 Å². The number of benzene rings is 1. The van der Waals surface area contributed by atoms with Crippen LogP contribution in [0.5, 0.6) is 0 Å². The highest BCUT2D eigenvalue weighted by Crippen LogP contribution is 2.17. The molecule has 0 heterocycles. The minimum Gasteiger partial charge on any atom is -0.390 e. The Balaban J connectivity index is 2.44. The van der Waals surface area contributed by atoms with Crippen LogP contribution in [0.25, 0.3) is 0 Å². The van der Waals surface area contributed by atoms with Gasteiger partial charge in [0, 0.05) is 10.9 Å². The molecule has 0 radical (unpaired) electrons. The van der Waals surface area contributed by atoms with Gasteiger partial charge in [-0.1, -0.05) is 34.1 Å². The van der Waals surface area contributed by atoms with Crippen LogP contribution < -0.4 is 0 Å². The van der Waals surface area contributed by atoms with Gasteiger partial charge in [-0.3, -0.25) is 0 Å². The average molecular weight is 273 g/mol. The molecule has 3 heteroatoms. The van der Waals surface area contributed by atoms with Crippen molar-refractivity contribution in [3.05, 3.63) is 34.3 Å². The molecule has 0 aliphatic rings. The molecule has 0 bridgehead atoms. The van der Waals surface area contributed by atoms with Crippen LogP contribution in [-0.4, -0.2) is 23.9 Å². The molecule has 1 aromatic rings. The van der Waals surface area contributed by atoms with Crippen LogP contribution >= 0.6 is 15.9 Å². The number of hydrogen-bond donors (Lipinski definition) is 1. The van der Waals surface area contributed by atoms with Crippen LogP contribution in [0.15, 0.2) is 28.7 Å². The first kappa shape index (κ1) is 12.7. The molecule has 0 saturated carbocycles. The predicted octanol–water partition coefficient (Wildman–Crippen LogP) is 2.78. The van der Waals surface area contributed by atoms with Crippen molar-refractivity contribution in [2.24, 2.45) is 0 Å². The topological polar surface area (TPSA) is 29.5 Å². The summed E-state index contributed by atoms with van der Waals surface area (Å²) in [6, 6.07) is 7.91. The van der Waals surface area contributed by atoms with Gasteiger partial charge in [-0.25, -0.2) is 0 Å². The number of aliphatic hydroxyl groups excluding tert-OH is 1. The molecule has 1 rings (SSSR count). The highest BCUT2D eigenvalue weighted by molar-refractivity contribution is 9.10. The van der Waals surface area contributed by atoms with Crippen LogP contribution in [0.1, 0.15) is 19.4 Å². The van der Waals surface area contributed by atoms with E-state index in [-0.39, 0.29) is 6.10 Å². The summed E-state index contributed by atoms with van der Waals surface area (Å²) in [4.78, 5) is 0. The number of halogens is 1. The molecule has 0 saturated heterocycles. The summed E-state index contributed by atoms with van der Waals surface area (Å²) in [6.45, 7) is 4.31. The molecule has 0 aliphatic carbocycles. The molecule has 15 heavy (non-hydrogen) atoms. The van der Waals surface area contributed by atoms with Crippen molar-refractivity contribution < 1.29 is 9.84 Å². The van der Waals surface area contributed by atoms with Crippen molar-refractivity contribution in [1.29, 1.82) is 0 Å². The second kappa shape index (κ2) is 6.26. The molecule has 1 atom stereocenters. The Labute approximate surface area is 99.4 Å². The maximum absolute atomic E-state index is 9.73. The Kier molecular flexibility index (Phi) is 5.29. The fourth-order valence-electron chi connectivity index (χ4n) is 1.28. The molecule has 84 valence electrons. The lowest BCUT2D eigenvalue weighted by Gasteiger charge is -2.14. The van der Waals surface area contributed by atoms with E-state index in [0.717, 1.165) is 10.0 Å². The van der Waals surface area contributed by atoms with Crippen molar-refractivity contribution >= 4 is 15.9 Å². The van der Waals surface area contributed by atoms with Gasteiger partial charge in [0.05, 0.1) is 18.8 Å². The lowest BCUT2D eigenvalue weighted by Crippen LogP contribution is -2.20. The number of ether oxygens (including phenoxy) is 1.